The zero-order chi connectivity index (χ0) is 13.8. The molecule has 1 aromatic rings. The van der Waals surface area contributed by atoms with E-state index >= 15 is 0 Å². The second-order valence-electron chi connectivity index (χ2n) is 4.58. The number of amides is 1. The van der Waals surface area contributed by atoms with Gasteiger partial charge in [-0.25, -0.2) is 0 Å². The van der Waals surface area contributed by atoms with Crippen LogP contribution in [0.2, 0.25) is 0 Å². The molecule has 0 saturated carbocycles. The van der Waals surface area contributed by atoms with Gasteiger partial charge in [-0.05, 0) is 31.9 Å². The van der Waals surface area contributed by atoms with Gasteiger partial charge in [0, 0.05) is 24.7 Å². The zero-order valence-corrected chi connectivity index (χ0v) is 10.8. The minimum Gasteiger partial charge on any atom is -0.484 e. The third-order valence-corrected chi connectivity index (χ3v) is 3.19. The molecule has 0 N–H and O–H groups in total. The zero-order valence-electron chi connectivity index (χ0n) is 10.8. The van der Waals surface area contributed by atoms with E-state index in [4.69, 9.17) is 4.74 Å². The van der Waals surface area contributed by atoms with Gasteiger partial charge in [0.05, 0.1) is 4.92 Å². The Morgan fingerprint density at radius 1 is 1.42 bits per heavy atom. The molecule has 0 unspecified atom stereocenters. The van der Waals surface area contributed by atoms with Crippen molar-refractivity contribution in [2.24, 2.45) is 0 Å². The van der Waals surface area contributed by atoms with E-state index in [1.54, 1.807) is 17.9 Å². The standard InChI is InChI=1S/C13H16N2O4/c1-10-8-11(4-5-12(10)15(17)18)19-9-13(16)14-6-2-3-7-14/h4-5,8H,2-3,6-7,9H2,1H3. The molecule has 1 fully saturated rings. The molecule has 6 heteroatoms. The Morgan fingerprint density at radius 2 is 2.11 bits per heavy atom. The van der Waals surface area contributed by atoms with E-state index in [1.165, 1.54) is 12.1 Å². The Balaban J connectivity index is 1.94. The summed E-state index contributed by atoms with van der Waals surface area (Å²) in [6, 6.07) is 4.49. The van der Waals surface area contributed by atoms with Gasteiger partial charge in [0.25, 0.3) is 11.6 Å². The molecule has 0 aromatic heterocycles. The second-order valence-corrected chi connectivity index (χ2v) is 4.58. The van der Waals surface area contributed by atoms with Crippen LogP contribution >= 0.6 is 0 Å². The number of carbonyl (C=O) groups is 1. The Hall–Kier alpha value is -2.11. The van der Waals surface area contributed by atoms with Crippen LogP contribution in [0.15, 0.2) is 18.2 Å². The molecule has 1 heterocycles. The van der Waals surface area contributed by atoms with Crippen molar-refractivity contribution in [3.8, 4) is 5.75 Å². The largest absolute Gasteiger partial charge is 0.484 e. The summed E-state index contributed by atoms with van der Waals surface area (Å²) in [5, 5.41) is 10.7. The number of nitro groups is 1. The van der Waals surface area contributed by atoms with Crippen LogP contribution in [0.3, 0.4) is 0 Å². The molecule has 0 radical (unpaired) electrons. The minimum atomic E-state index is -0.436. The average Bonchev–Trinajstić information content (AvgIpc) is 2.89. The van der Waals surface area contributed by atoms with Crippen LogP contribution < -0.4 is 4.74 Å². The molecule has 0 spiro atoms. The highest BCUT2D eigenvalue weighted by Gasteiger charge is 2.18. The monoisotopic (exact) mass is 264 g/mol. The first kappa shape index (κ1) is 13.3. The molecule has 2 rings (SSSR count). The van der Waals surface area contributed by atoms with Crippen LogP contribution in [0.1, 0.15) is 18.4 Å². The molecule has 1 aromatic carbocycles. The molecule has 0 atom stereocenters. The van der Waals surface area contributed by atoms with Gasteiger partial charge >= 0.3 is 0 Å². The van der Waals surface area contributed by atoms with Gasteiger partial charge in [0.1, 0.15) is 5.75 Å². The maximum Gasteiger partial charge on any atom is 0.272 e. The molecule has 1 aliphatic rings. The Bertz CT molecular complexity index is 495. The van der Waals surface area contributed by atoms with Crippen molar-refractivity contribution in [1.29, 1.82) is 0 Å². The van der Waals surface area contributed by atoms with Gasteiger partial charge in [0.15, 0.2) is 6.61 Å². The molecule has 0 bridgehead atoms. The first-order valence-electron chi connectivity index (χ1n) is 6.23. The van der Waals surface area contributed by atoms with Crippen molar-refractivity contribution in [2.75, 3.05) is 19.7 Å². The number of aryl methyl sites for hydroxylation is 1. The van der Waals surface area contributed by atoms with Crippen molar-refractivity contribution < 1.29 is 14.5 Å². The summed E-state index contributed by atoms with van der Waals surface area (Å²) in [5.74, 6) is 0.448. The second kappa shape index (κ2) is 5.69. The predicted octanol–water partition coefficient (Wildman–Crippen LogP) is 1.90. The van der Waals surface area contributed by atoms with Crippen LogP contribution in [0.5, 0.6) is 5.75 Å². The van der Waals surface area contributed by atoms with Crippen LogP contribution in [0.25, 0.3) is 0 Å². The average molecular weight is 264 g/mol. The normalized spacial score (nSPS) is 14.5. The molecule has 0 aliphatic carbocycles. The Kier molecular flexibility index (Phi) is 3.99. The maximum atomic E-state index is 11.8. The lowest BCUT2D eigenvalue weighted by atomic mass is 10.2. The molecular formula is C13H16N2O4. The lowest BCUT2D eigenvalue weighted by Gasteiger charge is -2.15. The van der Waals surface area contributed by atoms with Crippen molar-refractivity contribution in [3.05, 3.63) is 33.9 Å². The summed E-state index contributed by atoms with van der Waals surface area (Å²) < 4.78 is 5.38. The van der Waals surface area contributed by atoms with Crippen molar-refractivity contribution in [3.63, 3.8) is 0 Å². The summed E-state index contributed by atoms with van der Waals surface area (Å²) >= 11 is 0. The van der Waals surface area contributed by atoms with Crippen LogP contribution in [-0.2, 0) is 4.79 Å². The summed E-state index contributed by atoms with van der Waals surface area (Å²) in [5.41, 5.74) is 0.578. The van der Waals surface area contributed by atoms with Gasteiger partial charge in [-0.15, -0.1) is 0 Å². The molecule has 6 nitrogen and oxygen atoms in total. The fraction of sp³-hybridized carbons (Fsp3) is 0.462. The van der Waals surface area contributed by atoms with E-state index in [9.17, 15) is 14.9 Å². The van der Waals surface area contributed by atoms with E-state index in [2.05, 4.69) is 0 Å². The number of rotatable bonds is 4. The number of likely N-dealkylation sites (tertiary alicyclic amines) is 1. The van der Waals surface area contributed by atoms with Gasteiger partial charge in [-0.2, -0.15) is 0 Å². The third kappa shape index (κ3) is 3.21. The van der Waals surface area contributed by atoms with Gasteiger partial charge < -0.3 is 9.64 Å². The lowest BCUT2D eigenvalue weighted by molar-refractivity contribution is -0.385. The van der Waals surface area contributed by atoms with Crippen LogP contribution in [0, 0.1) is 17.0 Å². The third-order valence-electron chi connectivity index (χ3n) is 3.19. The SMILES string of the molecule is Cc1cc(OCC(=O)N2CCCC2)ccc1[N+](=O)[O-]. The summed E-state index contributed by atoms with van der Waals surface area (Å²) in [7, 11) is 0. The lowest BCUT2D eigenvalue weighted by Crippen LogP contribution is -2.32. The van der Waals surface area contributed by atoms with E-state index < -0.39 is 4.92 Å². The molecule has 1 amide bonds. The summed E-state index contributed by atoms with van der Waals surface area (Å²) in [4.78, 5) is 23.8. The number of nitrogens with zero attached hydrogens (tertiary/aromatic N) is 2. The fourth-order valence-corrected chi connectivity index (χ4v) is 2.13. The topological polar surface area (TPSA) is 72.7 Å². The minimum absolute atomic E-state index is 0.0166. The van der Waals surface area contributed by atoms with Gasteiger partial charge in [0.2, 0.25) is 0 Å². The molecule has 19 heavy (non-hydrogen) atoms. The van der Waals surface area contributed by atoms with E-state index in [0.29, 0.717) is 11.3 Å². The predicted molar refractivity (Wildman–Crippen MR) is 69.1 cm³/mol. The van der Waals surface area contributed by atoms with Gasteiger partial charge in [-0.3, -0.25) is 14.9 Å². The number of carbonyl (C=O) groups excluding carboxylic acids is 1. The summed E-state index contributed by atoms with van der Waals surface area (Å²) in [6.07, 6.45) is 2.09. The van der Waals surface area contributed by atoms with Crippen molar-refractivity contribution >= 4 is 11.6 Å². The van der Waals surface area contributed by atoms with Crippen LogP contribution in [0.4, 0.5) is 5.69 Å². The molecule has 102 valence electrons. The number of ether oxygens (including phenoxy) is 1. The number of hydrogen-bond donors (Lipinski definition) is 0. The smallest absolute Gasteiger partial charge is 0.272 e. The highest BCUT2D eigenvalue weighted by Crippen LogP contribution is 2.23. The molecule has 1 saturated heterocycles. The molecule has 1 aliphatic heterocycles. The van der Waals surface area contributed by atoms with E-state index in [0.717, 1.165) is 25.9 Å². The van der Waals surface area contributed by atoms with E-state index in [-0.39, 0.29) is 18.2 Å². The van der Waals surface area contributed by atoms with E-state index in [1.807, 2.05) is 0 Å². The highest BCUT2D eigenvalue weighted by atomic mass is 16.6. The highest BCUT2D eigenvalue weighted by molar-refractivity contribution is 5.78. The first-order valence-corrected chi connectivity index (χ1v) is 6.23. The maximum absolute atomic E-state index is 11.8. The van der Waals surface area contributed by atoms with Crippen LogP contribution in [-0.4, -0.2) is 35.4 Å². The Labute approximate surface area is 111 Å². The quantitative estimate of drug-likeness (QED) is 0.615. The van der Waals surface area contributed by atoms with Crippen molar-refractivity contribution in [1.82, 2.24) is 4.90 Å². The number of hydrogen-bond acceptors (Lipinski definition) is 4. The number of nitro benzene ring substituents is 1. The van der Waals surface area contributed by atoms with Gasteiger partial charge in [-0.1, -0.05) is 0 Å². The first-order chi connectivity index (χ1) is 9.08. The van der Waals surface area contributed by atoms with Crippen molar-refractivity contribution in [2.45, 2.75) is 19.8 Å². The fourth-order valence-electron chi connectivity index (χ4n) is 2.13. The summed E-state index contributed by atoms with van der Waals surface area (Å²) in [6.45, 7) is 3.22. The molecular weight excluding hydrogens is 248 g/mol. The Morgan fingerprint density at radius 3 is 2.68 bits per heavy atom. The number of benzene rings is 1.